The van der Waals surface area contributed by atoms with Crippen LogP contribution in [0.25, 0.3) is 11.3 Å². The van der Waals surface area contributed by atoms with Crippen LogP contribution in [0, 0.1) is 0 Å². The standard InChI is InChI=1S/C24H26N6O4/c1-24(2,3)34-23(33)26-12-10-21(32)30-20-8-7-17(14-27-20)19-9-11-25-22(29-19)28-18-6-4-5-16(13-18)15-31/h4-9,11,13-15H,10,12H2,1-3H3,(H,26,33)(H,25,28,29)(H,27,30,32). The number of nitrogens with one attached hydrogen (secondary N) is 3. The Morgan fingerprint density at radius 1 is 1.09 bits per heavy atom. The molecule has 3 rings (SSSR count). The van der Waals surface area contributed by atoms with Crippen LogP contribution in [0.1, 0.15) is 37.6 Å². The Morgan fingerprint density at radius 2 is 1.91 bits per heavy atom. The molecule has 0 fully saturated rings. The lowest BCUT2D eigenvalue weighted by Gasteiger charge is -2.19. The number of carbonyl (C=O) groups is 3. The van der Waals surface area contributed by atoms with Crippen molar-refractivity contribution in [2.45, 2.75) is 32.8 Å². The molecule has 2 aromatic heterocycles. The summed E-state index contributed by atoms with van der Waals surface area (Å²) >= 11 is 0. The van der Waals surface area contributed by atoms with Crippen LogP contribution in [0.3, 0.4) is 0 Å². The number of aldehydes is 1. The predicted octanol–water partition coefficient (Wildman–Crippen LogP) is 3.95. The van der Waals surface area contributed by atoms with E-state index in [0.29, 0.717) is 28.7 Å². The Balaban J connectivity index is 1.55. The summed E-state index contributed by atoms with van der Waals surface area (Å²) < 4.78 is 5.12. The Labute approximate surface area is 197 Å². The van der Waals surface area contributed by atoms with Crippen LogP contribution < -0.4 is 16.0 Å². The number of ether oxygens (including phenoxy) is 1. The van der Waals surface area contributed by atoms with Gasteiger partial charge in [0.2, 0.25) is 11.9 Å². The topological polar surface area (TPSA) is 135 Å². The summed E-state index contributed by atoms with van der Waals surface area (Å²) in [6, 6.07) is 12.2. The van der Waals surface area contributed by atoms with E-state index in [0.717, 1.165) is 11.8 Å². The number of amides is 2. The highest BCUT2D eigenvalue weighted by atomic mass is 16.6. The van der Waals surface area contributed by atoms with Gasteiger partial charge in [-0.1, -0.05) is 12.1 Å². The average Bonchev–Trinajstić information content (AvgIpc) is 2.78. The number of rotatable bonds is 8. The van der Waals surface area contributed by atoms with Crippen LogP contribution in [-0.4, -0.2) is 45.4 Å². The van der Waals surface area contributed by atoms with Crippen molar-refractivity contribution in [1.82, 2.24) is 20.3 Å². The summed E-state index contributed by atoms with van der Waals surface area (Å²) in [4.78, 5) is 47.6. The van der Waals surface area contributed by atoms with Gasteiger partial charge in [-0.2, -0.15) is 0 Å². The zero-order valence-electron chi connectivity index (χ0n) is 19.2. The molecule has 0 atom stereocenters. The van der Waals surface area contributed by atoms with Gasteiger partial charge in [0.1, 0.15) is 17.7 Å². The quantitative estimate of drug-likeness (QED) is 0.428. The molecule has 3 aromatic rings. The van der Waals surface area contributed by atoms with Crippen molar-refractivity contribution in [2.24, 2.45) is 0 Å². The van der Waals surface area contributed by atoms with Crippen LogP contribution in [0.4, 0.5) is 22.2 Å². The normalized spacial score (nSPS) is 10.8. The first-order valence-electron chi connectivity index (χ1n) is 10.6. The third kappa shape index (κ3) is 7.66. The number of nitrogens with zero attached hydrogens (tertiary/aromatic N) is 3. The molecule has 0 unspecified atom stereocenters. The van der Waals surface area contributed by atoms with Gasteiger partial charge in [-0.25, -0.2) is 19.7 Å². The van der Waals surface area contributed by atoms with E-state index in [-0.39, 0.29) is 18.9 Å². The number of pyridine rings is 1. The van der Waals surface area contributed by atoms with Gasteiger partial charge in [0.15, 0.2) is 0 Å². The lowest BCUT2D eigenvalue weighted by Crippen LogP contribution is -2.34. The molecule has 10 nitrogen and oxygen atoms in total. The van der Waals surface area contributed by atoms with Gasteiger partial charge in [-0.05, 0) is 51.1 Å². The lowest BCUT2D eigenvalue weighted by atomic mass is 10.2. The van der Waals surface area contributed by atoms with Crippen molar-refractivity contribution < 1.29 is 19.1 Å². The fourth-order valence-electron chi connectivity index (χ4n) is 2.82. The second-order valence-electron chi connectivity index (χ2n) is 8.29. The van der Waals surface area contributed by atoms with Crippen molar-refractivity contribution in [2.75, 3.05) is 17.2 Å². The molecule has 2 amide bonds. The monoisotopic (exact) mass is 462 g/mol. The summed E-state index contributed by atoms with van der Waals surface area (Å²) in [7, 11) is 0. The average molecular weight is 463 g/mol. The summed E-state index contributed by atoms with van der Waals surface area (Å²) in [6.45, 7) is 5.44. The molecule has 2 heterocycles. The van der Waals surface area contributed by atoms with Gasteiger partial charge in [-0.3, -0.25) is 9.59 Å². The van der Waals surface area contributed by atoms with E-state index in [1.807, 2.05) is 6.07 Å². The maximum Gasteiger partial charge on any atom is 0.407 e. The summed E-state index contributed by atoms with van der Waals surface area (Å²) in [6.07, 6.45) is 3.48. The Hall–Kier alpha value is -4.34. The largest absolute Gasteiger partial charge is 0.444 e. The Bertz CT molecular complexity index is 1160. The maximum atomic E-state index is 12.1. The number of hydrogen-bond acceptors (Lipinski definition) is 8. The first kappa shape index (κ1) is 24.3. The smallest absolute Gasteiger partial charge is 0.407 e. The molecule has 0 bridgehead atoms. The first-order chi connectivity index (χ1) is 16.2. The van der Waals surface area contributed by atoms with Crippen LogP contribution in [0.5, 0.6) is 0 Å². The number of anilines is 3. The van der Waals surface area contributed by atoms with E-state index in [9.17, 15) is 14.4 Å². The van der Waals surface area contributed by atoms with Gasteiger partial charge in [-0.15, -0.1) is 0 Å². The van der Waals surface area contributed by atoms with Crippen molar-refractivity contribution in [1.29, 1.82) is 0 Å². The fraction of sp³-hybridized carbons (Fsp3) is 0.250. The van der Waals surface area contributed by atoms with E-state index in [1.54, 1.807) is 69.6 Å². The minimum absolute atomic E-state index is 0.0783. The number of alkyl carbamates (subject to hydrolysis) is 1. The minimum Gasteiger partial charge on any atom is -0.444 e. The Morgan fingerprint density at radius 3 is 2.62 bits per heavy atom. The summed E-state index contributed by atoms with van der Waals surface area (Å²) in [5, 5.41) is 8.29. The lowest BCUT2D eigenvalue weighted by molar-refractivity contribution is -0.116. The SMILES string of the molecule is CC(C)(C)OC(=O)NCCC(=O)Nc1ccc(-c2ccnc(Nc3cccc(C=O)c3)n2)cn1. The zero-order valence-corrected chi connectivity index (χ0v) is 19.2. The molecule has 10 heteroatoms. The van der Waals surface area contributed by atoms with Crippen LogP contribution >= 0.6 is 0 Å². The van der Waals surface area contributed by atoms with Gasteiger partial charge < -0.3 is 20.7 Å². The molecule has 34 heavy (non-hydrogen) atoms. The molecule has 0 saturated carbocycles. The fourth-order valence-corrected chi connectivity index (χ4v) is 2.82. The molecule has 3 N–H and O–H groups in total. The van der Waals surface area contributed by atoms with E-state index >= 15 is 0 Å². The summed E-state index contributed by atoms with van der Waals surface area (Å²) in [5.74, 6) is 0.460. The zero-order chi connectivity index (χ0) is 24.6. The van der Waals surface area contributed by atoms with Crippen LogP contribution in [0.15, 0.2) is 54.9 Å². The van der Waals surface area contributed by atoms with Gasteiger partial charge in [0, 0.05) is 42.2 Å². The minimum atomic E-state index is -0.597. The van der Waals surface area contributed by atoms with E-state index < -0.39 is 11.7 Å². The second kappa shape index (κ2) is 11.0. The van der Waals surface area contributed by atoms with E-state index in [2.05, 4.69) is 30.9 Å². The number of hydrogen-bond donors (Lipinski definition) is 3. The maximum absolute atomic E-state index is 12.1. The van der Waals surface area contributed by atoms with Gasteiger partial charge in [0.25, 0.3) is 0 Å². The molecule has 176 valence electrons. The highest BCUT2D eigenvalue weighted by Gasteiger charge is 2.16. The molecular weight excluding hydrogens is 436 g/mol. The van der Waals surface area contributed by atoms with Crippen LogP contribution in [-0.2, 0) is 9.53 Å². The second-order valence-corrected chi connectivity index (χ2v) is 8.29. The molecule has 0 saturated heterocycles. The molecule has 0 spiro atoms. The van der Waals surface area contributed by atoms with Crippen molar-refractivity contribution in [3.63, 3.8) is 0 Å². The van der Waals surface area contributed by atoms with Crippen molar-refractivity contribution in [3.8, 4) is 11.3 Å². The highest BCUT2D eigenvalue weighted by Crippen LogP contribution is 2.20. The molecule has 0 radical (unpaired) electrons. The highest BCUT2D eigenvalue weighted by molar-refractivity contribution is 5.90. The third-order valence-corrected chi connectivity index (χ3v) is 4.28. The van der Waals surface area contributed by atoms with Crippen molar-refractivity contribution in [3.05, 3.63) is 60.4 Å². The van der Waals surface area contributed by atoms with Crippen LogP contribution in [0.2, 0.25) is 0 Å². The summed E-state index contributed by atoms with van der Waals surface area (Å²) in [5.41, 5.74) is 2.01. The first-order valence-corrected chi connectivity index (χ1v) is 10.6. The number of aromatic nitrogens is 3. The molecule has 0 aliphatic rings. The van der Waals surface area contributed by atoms with Gasteiger partial charge in [0.05, 0.1) is 5.69 Å². The number of carbonyl (C=O) groups excluding carboxylic acids is 3. The predicted molar refractivity (Wildman–Crippen MR) is 128 cm³/mol. The molecule has 0 aliphatic carbocycles. The third-order valence-electron chi connectivity index (χ3n) is 4.28. The molecular formula is C24H26N6O4. The van der Waals surface area contributed by atoms with Crippen molar-refractivity contribution >= 4 is 35.7 Å². The van der Waals surface area contributed by atoms with Gasteiger partial charge >= 0.3 is 6.09 Å². The van der Waals surface area contributed by atoms with E-state index in [1.165, 1.54) is 0 Å². The number of benzene rings is 1. The molecule has 1 aromatic carbocycles. The Kier molecular flexibility index (Phi) is 7.86. The van der Waals surface area contributed by atoms with E-state index in [4.69, 9.17) is 4.74 Å². The molecule has 0 aliphatic heterocycles.